The minimum atomic E-state index is 0.308. The number of carbonyl (C=O) groups is 1. The summed E-state index contributed by atoms with van der Waals surface area (Å²) in [5, 5.41) is 0. The highest BCUT2D eigenvalue weighted by molar-refractivity contribution is 5.76. The van der Waals surface area contributed by atoms with Crippen LogP contribution in [0, 0.1) is 6.92 Å². The van der Waals surface area contributed by atoms with Crippen molar-refractivity contribution in [2.24, 2.45) is 0 Å². The zero-order valence-corrected chi connectivity index (χ0v) is 16.2. The number of ether oxygens (including phenoxy) is 1. The van der Waals surface area contributed by atoms with Gasteiger partial charge >= 0.3 is 0 Å². The van der Waals surface area contributed by atoms with Gasteiger partial charge in [-0.05, 0) is 26.2 Å². The van der Waals surface area contributed by atoms with Crippen LogP contribution in [0.25, 0.3) is 0 Å². The van der Waals surface area contributed by atoms with Crippen molar-refractivity contribution in [3.8, 4) is 0 Å². The fourth-order valence-electron chi connectivity index (χ4n) is 3.87. The molecule has 0 aromatic carbocycles. The number of aryl methyl sites for hydroxylation is 1. The van der Waals surface area contributed by atoms with E-state index in [-0.39, 0.29) is 0 Å². The Labute approximate surface area is 156 Å². The summed E-state index contributed by atoms with van der Waals surface area (Å²) in [7, 11) is 0. The number of anilines is 1. The van der Waals surface area contributed by atoms with E-state index < -0.39 is 0 Å². The topological polar surface area (TPSA) is 58.6 Å². The summed E-state index contributed by atoms with van der Waals surface area (Å²) in [6.07, 6.45) is 6.13. The molecule has 6 nitrogen and oxygen atoms in total. The first-order valence-corrected chi connectivity index (χ1v) is 10.1. The molecule has 0 bridgehead atoms. The number of hydrogen-bond acceptors (Lipinski definition) is 5. The third kappa shape index (κ3) is 4.93. The number of nitrogens with zero attached hydrogens (tertiary/aromatic N) is 4. The Morgan fingerprint density at radius 2 is 2.04 bits per heavy atom. The molecule has 2 fully saturated rings. The smallest absolute Gasteiger partial charge is 0.222 e. The Balaban J connectivity index is 1.67. The van der Waals surface area contributed by atoms with E-state index in [9.17, 15) is 4.79 Å². The third-order valence-electron chi connectivity index (χ3n) is 5.37. The van der Waals surface area contributed by atoms with Crippen LogP contribution in [0.5, 0.6) is 0 Å². The van der Waals surface area contributed by atoms with Crippen molar-refractivity contribution in [2.45, 2.75) is 58.3 Å². The van der Waals surface area contributed by atoms with Gasteiger partial charge in [0.05, 0.1) is 18.9 Å². The second-order valence-electron chi connectivity index (χ2n) is 7.43. The van der Waals surface area contributed by atoms with Gasteiger partial charge in [0.15, 0.2) is 0 Å². The first kappa shape index (κ1) is 19.1. The Morgan fingerprint density at radius 1 is 1.23 bits per heavy atom. The van der Waals surface area contributed by atoms with Gasteiger partial charge in [0.1, 0.15) is 11.6 Å². The quantitative estimate of drug-likeness (QED) is 0.730. The molecule has 0 saturated carbocycles. The molecule has 0 spiro atoms. The molecule has 1 amide bonds. The number of piperidine rings is 1. The van der Waals surface area contributed by atoms with Gasteiger partial charge in [0, 0.05) is 44.6 Å². The van der Waals surface area contributed by atoms with Crippen LogP contribution < -0.4 is 4.90 Å². The Kier molecular flexibility index (Phi) is 6.83. The SMILES string of the molecule is CCCCCC(=O)N1CCC[C@@H](c2cc(N3CCOCC3)nc(C)n2)C1. The molecule has 0 unspecified atom stereocenters. The number of rotatable bonds is 6. The summed E-state index contributed by atoms with van der Waals surface area (Å²) in [5.74, 6) is 2.44. The van der Waals surface area contributed by atoms with Gasteiger partial charge in [0.2, 0.25) is 5.91 Å². The first-order chi connectivity index (χ1) is 12.7. The second-order valence-corrected chi connectivity index (χ2v) is 7.43. The van der Waals surface area contributed by atoms with Gasteiger partial charge in [0.25, 0.3) is 0 Å². The lowest BCUT2D eigenvalue weighted by atomic mass is 9.94. The highest BCUT2D eigenvalue weighted by Gasteiger charge is 2.26. The van der Waals surface area contributed by atoms with Crippen LogP contribution in [0.15, 0.2) is 6.07 Å². The normalized spacial score (nSPS) is 21.1. The lowest BCUT2D eigenvalue weighted by molar-refractivity contribution is -0.132. The van der Waals surface area contributed by atoms with E-state index in [0.29, 0.717) is 18.2 Å². The van der Waals surface area contributed by atoms with E-state index in [0.717, 1.165) is 88.8 Å². The van der Waals surface area contributed by atoms with E-state index >= 15 is 0 Å². The van der Waals surface area contributed by atoms with Crippen LogP contribution in [-0.2, 0) is 9.53 Å². The minimum absolute atomic E-state index is 0.308. The van der Waals surface area contributed by atoms with Crippen molar-refractivity contribution >= 4 is 11.7 Å². The highest BCUT2D eigenvalue weighted by atomic mass is 16.5. The Bertz CT molecular complexity index is 601. The van der Waals surface area contributed by atoms with E-state index in [1.165, 1.54) is 0 Å². The fourth-order valence-corrected chi connectivity index (χ4v) is 3.87. The van der Waals surface area contributed by atoms with Crippen molar-refractivity contribution in [1.29, 1.82) is 0 Å². The van der Waals surface area contributed by atoms with Crippen molar-refractivity contribution in [1.82, 2.24) is 14.9 Å². The second kappa shape index (κ2) is 9.31. The molecule has 144 valence electrons. The van der Waals surface area contributed by atoms with E-state index in [2.05, 4.69) is 27.8 Å². The number of unbranched alkanes of at least 4 members (excludes halogenated alkanes) is 2. The summed E-state index contributed by atoms with van der Waals surface area (Å²) in [5.41, 5.74) is 1.09. The Morgan fingerprint density at radius 3 is 2.81 bits per heavy atom. The van der Waals surface area contributed by atoms with Gasteiger partial charge < -0.3 is 14.5 Å². The summed E-state index contributed by atoms with van der Waals surface area (Å²) >= 11 is 0. The van der Waals surface area contributed by atoms with Crippen LogP contribution in [0.3, 0.4) is 0 Å². The van der Waals surface area contributed by atoms with Crippen molar-refractivity contribution in [3.05, 3.63) is 17.6 Å². The average molecular weight is 361 g/mol. The number of morpholine rings is 1. The highest BCUT2D eigenvalue weighted by Crippen LogP contribution is 2.28. The molecular formula is C20H32N4O2. The van der Waals surface area contributed by atoms with Gasteiger partial charge in [-0.2, -0.15) is 0 Å². The summed E-state index contributed by atoms with van der Waals surface area (Å²) in [6.45, 7) is 9.08. The number of aromatic nitrogens is 2. The van der Waals surface area contributed by atoms with Crippen LogP contribution in [-0.4, -0.2) is 60.2 Å². The molecule has 2 aliphatic heterocycles. The summed E-state index contributed by atoms with van der Waals surface area (Å²) in [4.78, 5) is 26.2. The minimum Gasteiger partial charge on any atom is -0.378 e. The molecule has 1 aromatic rings. The van der Waals surface area contributed by atoms with Gasteiger partial charge in [-0.1, -0.05) is 19.8 Å². The maximum atomic E-state index is 12.5. The monoisotopic (exact) mass is 360 g/mol. The molecule has 3 rings (SSSR count). The summed E-state index contributed by atoms with van der Waals surface area (Å²) in [6, 6.07) is 2.13. The molecule has 3 heterocycles. The van der Waals surface area contributed by atoms with Gasteiger partial charge in [-0.3, -0.25) is 4.79 Å². The van der Waals surface area contributed by atoms with Crippen LogP contribution >= 0.6 is 0 Å². The number of carbonyl (C=O) groups excluding carboxylic acids is 1. The standard InChI is InChI=1S/C20H32N4O2/c1-3-4-5-8-20(25)24-9-6-7-17(15-24)18-14-19(22-16(2)21-18)23-10-12-26-13-11-23/h14,17H,3-13,15H2,1-2H3/t17-/m1/s1. The van der Waals surface area contributed by atoms with Gasteiger partial charge in [-0.25, -0.2) is 9.97 Å². The first-order valence-electron chi connectivity index (χ1n) is 10.1. The van der Waals surface area contributed by atoms with Gasteiger partial charge in [-0.15, -0.1) is 0 Å². The molecule has 1 aromatic heterocycles. The zero-order chi connectivity index (χ0) is 18.4. The predicted molar refractivity (Wildman–Crippen MR) is 102 cm³/mol. The zero-order valence-electron chi connectivity index (χ0n) is 16.2. The molecule has 1 atom stereocenters. The van der Waals surface area contributed by atoms with Crippen LogP contribution in [0.4, 0.5) is 5.82 Å². The van der Waals surface area contributed by atoms with Crippen LogP contribution in [0.1, 0.15) is 62.9 Å². The van der Waals surface area contributed by atoms with Crippen molar-refractivity contribution < 1.29 is 9.53 Å². The van der Waals surface area contributed by atoms with E-state index in [4.69, 9.17) is 9.72 Å². The van der Waals surface area contributed by atoms with Crippen LogP contribution in [0.2, 0.25) is 0 Å². The average Bonchev–Trinajstić information content (AvgIpc) is 2.68. The van der Waals surface area contributed by atoms with Crippen molar-refractivity contribution in [2.75, 3.05) is 44.3 Å². The van der Waals surface area contributed by atoms with E-state index in [1.54, 1.807) is 0 Å². The molecule has 2 saturated heterocycles. The molecule has 26 heavy (non-hydrogen) atoms. The molecule has 6 heteroatoms. The number of likely N-dealkylation sites (tertiary alicyclic amines) is 1. The Hall–Kier alpha value is -1.69. The molecule has 0 aliphatic carbocycles. The molecular weight excluding hydrogens is 328 g/mol. The molecule has 0 radical (unpaired) electrons. The number of amides is 1. The largest absolute Gasteiger partial charge is 0.378 e. The fraction of sp³-hybridized carbons (Fsp3) is 0.750. The summed E-state index contributed by atoms with van der Waals surface area (Å²) < 4.78 is 5.45. The lowest BCUT2D eigenvalue weighted by Gasteiger charge is -2.33. The third-order valence-corrected chi connectivity index (χ3v) is 5.37. The number of hydrogen-bond donors (Lipinski definition) is 0. The maximum absolute atomic E-state index is 12.5. The van der Waals surface area contributed by atoms with E-state index in [1.807, 2.05) is 6.92 Å². The maximum Gasteiger partial charge on any atom is 0.222 e. The molecule has 0 N–H and O–H groups in total. The molecule has 2 aliphatic rings. The predicted octanol–water partition coefficient (Wildman–Crippen LogP) is 2.91. The lowest BCUT2D eigenvalue weighted by Crippen LogP contribution is -2.39. The van der Waals surface area contributed by atoms with Crippen molar-refractivity contribution in [3.63, 3.8) is 0 Å².